The number of benzene rings is 1. The number of carbonyl (C=O) groups is 2. The summed E-state index contributed by atoms with van der Waals surface area (Å²) >= 11 is 0. The fraction of sp³-hybridized carbons (Fsp3) is 0.286. The minimum absolute atomic E-state index is 0.141. The van der Waals surface area contributed by atoms with E-state index in [4.69, 9.17) is 5.11 Å². The van der Waals surface area contributed by atoms with E-state index in [9.17, 15) is 9.59 Å². The van der Waals surface area contributed by atoms with Gasteiger partial charge in [0.2, 0.25) is 0 Å². The first-order valence-corrected chi connectivity index (χ1v) is 6.14. The number of allylic oxidation sites excluding steroid dienone is 1. The third-order valence-electron chi connectivity index (χ3n) is 3.02. The van der Waals surface area contributed by atoms with Gasteiger partial charge in [-0.1, -0.05) is 11.6 Å². The molecule has 5 nitrogen and oxygen atoms in total. The summed E-state index contributed by atoms with van der Waals surface area (Å²) in [6.07, 6.45) is 4.08. The highest BCUT2D eigenvalue weighted by Gasteiger charge is 2.22. The van der Waals surface area contributed by atoms with Crippen LogP contribution in [0.5, 0.6) is 0 Å². The highest BCUT2D eigenvalue weighted by Crippen LogP contribution is 2.35. The smallest absolute Gasteiger partial charge is 0.335 e. The summed E-state index contributed by atoms with van der Waals surface area (Å²) in [4.78, 5) is 22.4. The van der Waals surface area contributed by atoms with Crippen LogP contribution in [0.1, 0.15) is 30.1 Å². The highest BCUT2D eigenvalue weighted by molar-refractivity contribution is 5.93. The number of anilines is 1. The molecule has 1 aromatic rings. The van der Waals surface area contributed by atoms with Crippen molar-refractivity contribution in [2.24, 2.45) is 5.92 Å². The maximum absolute atomic E-state index is 11.6. The second-order valence-electron chi connectivity index (χ2n) is 4.65. The number of urea groups is 1. The van der Waals surface area contributed by atoms with Crippen molar-refractivity contribution < 1.29 is 14.7 Å². The van der Waals surface area contributed by atoms with E-state index < -0.39 is 5.97 Å². The molecule has 19 heavy (non-hydrogen) atoms. The highest BCUT2D eigenvalue weighted by atomic mass is 16.4. The van der Waals surface area contributed by atoms with Gasteiger partial charge in [-0.3, -0.25) is 0 Å². The number of carbonyl (C=O) groups excluding carboxylic acids is 1. The Hall–Kier alpha value is -2.30. The van der Waals surface area contributed by atoms with Gasteiger partial charge in [-0.15, -0.1) is 0 Å². The van der Waals surface area contributed by atoms with Crippen LogP contribution < -0.4 is 10.6 Å². The molecule has 0 aromatic heterocycles. The van der Waals surface area contributed by atoms with E-state index in [1.807, 2.05) is 6.92 Å². The lowest BCUT2D eigenvalue weighted by atomic mass is 10.2. The van der Waals surface area contributed by atoms with E-state index in [1.165, 1.54) is 25.0 Å². The zero-order chi connectivity index (χ0) is 13.8. The fourth-order valence-corrected chi connectivity index (χ4v) is 1.73. The molecule has 5 heteroatoms. The predicted octanol–water partition coefficient (Wildman–Crippen LogP) is 2.82. The van der Waals surface area contributed by atoms with Crippen molar-refractivity contribution >= 4 is 17.7 Å². The number of carboxylic acids is 1. The summed E-state index contributed by atoms with van der Waals surface area (Å²) < 4.78 is 0. The maximum atomic E-state index is 11.6. The number of nitrogens with one attached hydrogen (secondary N) is 2. The van der Waals surface area contributed by atoms with Crippen LogP contribution in [0.3, 0.4) is 0 Å². The van der Waals surface area contributed by atoms with E-state index in [1.54, 1.807) is 18.3 Å². The molecule has 0 atom stereocenters. The Balaban J connectivity index is 1.92. The van der Waals surface area contributed by atoms with Gasteiger partial charge < -0.3 is 15.7 Å². The number of aromatic carboxylic acids is 1. The Morgan fingerprint density at radius 1 is 1.37 bits per heavy atom. The van der Waals surface area contributed by atoms with Crippen molar-refractivity contribution in [2.45, 2.75) is 19.8 Å². The third kappa shape index (κ3) is 3.84. The number of amides is 2. The van der Waals surface area contributed by atoms with Crippen LogP contribution in [0, 0.1) is 5.92 Å². The van der Waals surface area contributed by atoms with Crippen LogP contribution in [0.2, 0.25) is 0 Å². The quantitative estimate of drug-likeness (QED) is 0.778. The van der Waals surface area contributed by atoms with E-state index in [2.05, 4.69) is 10.6 Å². The van der Waals surface area contributed by atoms with Crippen molar-refractivity contribution in [2.75, 3.05) is 5.32 Å². The molecular weight excluding hydrogens is 244 g/mol. The molecule has 1 fully saturated rings. The molecule has 3 N–H and O–H groups in total. The predicted molar refractivity (Wildman–Crippen MR) is 72.0 cm³/mol. The van der Waals surface area contributed by atoms with Crippen molar-refractivity contribution in [3.63, 3.8) is 0 Å². The Morgan fingerprint density at radius 3 is 2.74 bits per heavy atom. The van der Waals surface area contributed by atoms with Gasteiger partial charge >= 0.3 is 12.0 Å². The van der Waals surface area contributed by atoms with Crippen molar-refractivity contribution in [1.29, 1.82) is 0 Å². The van der Waals surface area contributed by atoms with Crippen molar-refractivity contribution in [1.82, 2.24) is 5.32 Å². The third-order valence-corrected chi connectivity index (χ3v) is 3.02. The molecular formula is C14H16N2O3. The molecule has 0 heterocycles. The molecule has 100 valence electrons. The van der Waals surface area contributed by atoms with Gasteiger partial charge in [-0.05, 0) is 43.9 Å². The SMILES string of the molecule is C/C(=C\NC(=O)Nc1cccc(C(=O)O)c1)C1CC1. The summed E-state index contributed by atoms with van der Waals surface area (Å²) in [6, 6.07) is 5.75. The standard InChI is InChI=1S/C14H16N2O3/c1-9(10-5-6-10)8-15-14(19)16-12-4-2-3-11(7-12)13(17)18/h2-4,7-8,10H,5-6H2,1H3,(H,17,18)(H2,15,16,19)/b9-8+. The molecule has 0 aliphatic heterocycles. The Labute approximate surface area is 111 Å². The lowest BCUT2D eigenvalue weighted by Gasteiger charge is -2.06. The minimum atomic E-state index is -1.02. The molecule has 0 unspecified atom stereocenters. The molecule has 0 spiro atoms. The van der Waals surface area contributed by atoms with E-state index in [0.717, 1.165) is 5.57 Å². The molecule has 1 saturated carbocycles. The lowest BCUT2D eigenvalue weighted by Crippen LogP contribution is -2.24. The minimum Gasteiger partial charge on any atom is -0.478 e. The zero-order valence-electron chi connectivity index (χ0n) is 10.6. The van der Waals surface area contributed by atoms with E-state index >= 15 is 0 Å². The van der Waals surface area contributed by atoms with Gasteiger partial charge in [0.05, 0.1) is 5.56 Å². The van der Waals surface area contributed by atoms with Crippen LogP contribution in [-0.2, 0) is 0 Å². The Kier molecular flexibility index (Phi) is 3.85. The number of hydrogen-bond acceptors (Lipinski definition) is 2. The van der Waals surface area contributed by atoms with Crippen LogP contribution in [0.4, 0.5) is 10.5 Å². The van der Waals surface area contributed by atoms with E-state index in [0.29, 0.717) is 11.6 Å². The topological polar surface area (TPSA) is 78.4 Å². The average Bonchev–Trinajstić information content (AvgIpc) is 3.20. The summed E-state index contributed by atoms with van der Waals surface area (Å²) in [5.41, 5.74) is 1.76. The normalized spacial score (nSPS) is 14.9. The van der Waals surface area contributed by atoms with Crippen LogP contribution in [-0.4, -0.2) is 17.1 Å². The van der Waals surface area contributed by atoms with Gasteiger partial charge in [0, 0.05) is 11.9 Å². The first-order valence-electron chi connectivity index (χ1n) is 6.14. The summed E-state index contributed by atoms with van der Waals surface area (Å²) in [5.74, 6) is -0.413. The largest absolute Gasteiger partial charge is 0.478 e. The molecule has 1 aliphatic carbocycles. The first kappa shape index (κ1) is 13.1. The molecule has 1 aromatic carbocycles. The van der Waals surface area contributed by atoms with Crippen LogP contribution in [0.25, 0.3) is 0 Å². The molecule has 0 bridgehead atoms. The molecule has 2 rings (SSSR count). The average molecular weight is 260 g/mol. The van der Waals surface area contributed by atoms with Gasteiger partial charge in [-0.2, -0.15) is 0 Å². The van der Waals surface area contributed by atoms with Crippen molar-refractivity contribution in [3.05, 3.63) is 41.6 Å². The number of hydrogen-bond donors (Lipinski definition) is 3. The second kappa shape index (κ2) is 5.56. The van der Waals surface area contributed by atoms with Gasteiger partial charge in [0.1, 0.15) is 0 Å². The fourth-order valence-electron chi connectivity index (χ4n) is 1.73. The van der Waals surface area contributed by atoms with E-state index in [-0.39, 0.29) is 11.6 Å². The number of rotatable bonds is 4. The van der Waals surface area contributed by atoms with Crippen LogP contribution >= 0.6 is 0 Å². The second-order valence-corrected chi connectivity index (χ2v) is 4.65. The van der Waals surface area contributed by atoms with Gasteiger partial charge in [-0.25, -0.2) is 9.59 Å². The summed E-state index contributed by atoms with van der Waals surface area (Å²) in [7, 11) is 0. The Morgan fingerprint density at radius 2 is 2.11 bits per heavy atom. The van der Waals surface area contributed by atoms with Crippen molar-refractivity contribution in [3.8, 4) is 0 Å². The monoisotopic (exact) mass is 260 g/mol. The lowest BCUT2D eigenvalue weighted by molar-refractivity contribution is 0.0697. The van der Waals surface area contributed by atoms with Gasteiger partial charge in [0.25, 0.3) is 0 Å². The molecule has 1 aliphatic rings. The summed E-state index contributed by atoms with van der Waals surface area (Å²) in [5, 5.41) is 14.1. The Bertz CT molecular complexity index is 533. The molecule has 0 radical (unpaired) electrons. The zero-order valence-corrected chi connectivity index (χ0v) is 10.6. The maximum Gasteiger partial charge on any atom is 0.335 e. The van der Waals surface area contributed by atoms with Crippen LogP contribution in [0.15, 0.2) is 36.0 Å². The first-order chi connectivity index (χ1) is 9.06. The molecule has 0 saturated heterocycles. The van der Waals surface area contributed by atoms with Gasteiger partial charge in [0.15, 0.2) is 0 Å². The summed E-state index contributed by atoms with van der Waals surface area (Å²) in [6.45, 7) is 1.99. The number of carboxylic acid groups (broad SMARTS) is 1. The molecule has 2 amide bonds.